The highest BCUT2D eigenvalue weighted by atomic mass is 16.5. The molecule has 1 N–H and O–H groups in total. The van der Waals surface area contributed by atoms with E-state index in [1.165, 1.54) is 0 Å². The molecule has 0 radical (unpaired) electrons. The number of fused-ring (bicyclic) bond motifs is 2. The molecule has 2 aromatic heterocycles. The number of amides is 1. The zero-order chi connectivity index (χ0) is 22.8. The highest BCUT2D eigenvalue weighted by Crippen LogP contribution is 2.43. The van der Waals surface area contributed by atoms with Gasteiger partial charge in [0.2, 0.25) is 0 Å². The van der Waals surface area contributed by atoms with Crippen LogP contribution in [0.5, 0.6) is 5.75 Å². The molecule has 2 aromatic carbocycles. The van der Waals surface area contributed by atoms with Crippen molar-refractivity contribution in [3.8, 4) is 5.75 Å². The lowest BCUT2D eigenvalue weighted by Gasteiger charge is -2.26. The van der Waals surface area contributed by atoms with Gasteiger partial charge in [0.25, 0.3) is 5.91 Å². The molecular weight excluding hydrogens is 402 g/mol. The first kappa shape index (κ1) is 21.6. The van der Waals surface area contributed by atoms with Crippen LogP contribution in [0.4, 0.5) is 5.69 Å². The summed E-state index contributed by atoms with van der Waals surface area (Å²) < 4.78 is 7.42. The molecular formula is C25H29N5O2. The summed E-state index contributed by atoms with van der Waals surface area (Å²) in [4.78, 5) is 22.8. The summed E-state index contributed by atoms with van der Waals surface area (Å²) in [5.74, 6) is 0.779. The van der Waals surface area contributed by atoms with Crippen molar-refractivity contribution in [1.82, 2.24) is 19.7 Å². The van der Waals surface area contributed by atoms with Gasteiger partial charge in [0.05, 0.1) is 35.7 Å². The van der Waals surface area contributed by atoms with Crippen LogP contribution in [-0.2, 0) is 7.05 Å². The number of aryl methyl sites for hydroxylation is 2. The maximum absolute atomic E-state index is 13.5. The van der Waals surface area contributed by atoms with Crippen LogP contribution in [0.1, 0.15) is 60.5 Å². The molecule has 0 aliphatic carbocycles. The van der Waals surface area contributed by atoms with Crippen molar-refractivity contribution in [3.05, 3.63) is 71.3 Å². The van der Waals surface area contributed by atoms with Gasteiger partial charge in [-0.25, -0.2) is 4.98 Å². The van der Waals surface area contributed by atoms with Crippen LogP contribution in [0.2, 0.25) is 0 Å². The number of nitrogens with zero attached hydrogens (tertiary/aromatic N) is 4. The maximum Gasteiger partial charge on any atom is 0.277 e. The van der Waals surface area contributed by atoms with Gasteiger partial charge in [0.1, 0.15) is 11.4 Å². The van der Waals surface area contributed by atoms with Crippen molar-refractivity contribution in [2.24, 2.45) is 7.05 Å². The Balaban J connectivity index is 0.00000119. The Hall–Kier alpha value is -3.61. The normalized spacial score (nSPS) is 15.0. The number of rotatable bonds is 5. The fourth-order valence-corrected chi connectivity index (χ4v) is 4.24. The number of benzene rings is 2. The highest BCUT2D eigenvalue weighted by Gasteiger charge is 2.43. The lowest BCUT2D eigenvalue weighted by atomic mass is 9.98. The molecule has 1 aliphatic rings. The maximum atomic E-state index is 13.5. The van der Waals surface area contributed by atoms with E-state index in [1.807, 2.05) is 75.2 Å². The first-order valence-electron chi connectivity index (χ1n) is 11.1. The van der Waals surface area contributed by atoms with Crippen molar-refractivity contribution in [2.45, 2.75) is 40.2 Å². The van der Waals surface area contributed by atoms with Crippen molar-refractivity contribution in [3.63, 3.8) is 0 Å². The summed E-state index contributed by atoms with van der Waals surface area (Å²) in [5, 5.41) is 4.52. The molecule has 1 aliphatic heterocycles. The number of anilines is 1. The van der Waals surface area contributed by atoms with Crippen LogP contribution in [0.15, 0.2) is 48.8 Å². The zero-order valence-corrected chi connectivity index (χ0v) is 19.2. The minimum absolute atomic E-state index is 0.0525. The Morgan fingerprint density at radius 1 is 1.12 bits per heavy atom. The number of carbonyl (C=O) groups excluding carboxylic acids is 1. The highest BCUT2D eigenvalue weighted by molar-refractivity contribution is 6.11. The number of aromatic nitrogens is 4. The third-order valence-corrected chi connectivity index (χ3v) is 5.57. The monoisotopic (exact) mass is 431 g/mol. The Kier molecular flexibility index (Phi) is 5.99. The fourth-order valence-electron chi connectivity index (χ4n) is 4.24. The van der Waals surface area contributed by atoms with Crippen LogP contribution in [0.25, 0.3) is 11.0 Å². The minimum atomic E-state index is -0.248. The first-order chi connectivity index (χ1) is 15.6. The molecule has 1 amide bonds. The molecule has 3 heterocycles. The van der Waals surface area contributed by atoms with Gasteiger partial charge >= 0.3 is 0 Å². The Labute approximate surface area is 188 Å². The number of hydrogen-bond donors (Lipinski definition) is 1. The molecule has 0 saturated carbocycles. The molecule has 0 spiro atoms. The molecule has 5 rings (SSSR count). The zero-order valence-electron chi connectivity index (χ0n) is 19.2. The molecule has 0 fully saturated rings. The largest absolute Gasteiger partial charge is 0.494 e. The second-order valence-corrected chi connectivity index (χ2v) is 7.57. The van der Waals surface area contributed by atoms with Crippen LogP contribution in [-0.4, -0.2) is 32.3 Å². The van der Waals surface area contributed by atoms with Crippen LogP contribution in [0, 0.1) is 6.92 Å². The number of aromatic amines is 1. The Morgan fingerprint density at radius 2 is 1.88 bits per heavy atom. The topological polar surface area (TPSA) is 76.0 Å². The molecule has 7 nitrogen and oxygen atoms in total. The van der Waals surface area contributed by atoms with E-state index in [-0.39, 0.29) is 11.9 Å². The lowest BCUT2D eigenvalue weighted by Crippen LogP contribution is -2.30. The minimum Gasteiger partial charge on any atom is -0.494 e. The number of imidazole rings is 1. The smallest absolute Gasteiger partial charge is 0.277 e. The van der Waals surface area contributed by atoms with Gasteiger partial charge in [0.15, 0.2) is 0 Å². The average Bonchev–Trinajstić information content (AvgIpc) is 3.48. The van der Waals surface area contributed by atoms with Crippen molar-refractivity contribution < 1.29 is 9.53 Å². The third kappa shape index (κ3) is 3.53. The number of ether oxygens (including phenoxy) is 1. The second kappa shape index (κ2) is 8.86. The Bertz CT molecular complexity index is 1240. The number of H-pyrrole nitrogens is 1. The van der Waals surface area contributed by atoms with Gasteiger partial charge in [-0.05, 0) is 49.2 Å². The van der Waals surface area contributed by atoms with E-state index in [9.17, 15) is 4.79 Å². The standard InChI is InChI=1S/C23H23N5O2.C2H6/c1-4-11-30-17-8-5-15(6-9-17)21-20-14(2)26-27(3)22(20)23(29)28(21)16-7-10-18-19(12-16)25-13-24-18;1-2/h5-10,12-13,21H,4,11H2,1-3H3,(H,24,25);1-2H3. The van der Waals surface area contributed by atoms with E-state index < -0.39 is 0 Å². The van der Waals surface area contributed by atoms with Crippen LogP contribution < -0.4 is 9.64 Å². The molecule has 7 heteroatoms. The quantitative estimate of drug-likeness (QED) is 0.473. The number of nitrogens with one attached hydrogen (secondary N) is 1. The summed E-state index contributed by atoms with van der Waals surface area (Å²) in [6, 6.07) is 13.6. The third-order valence-electron chi connectivity index (χ3n) is 5.57. The second-order valence-electron chi connectivity index (χ2n) is 7.57. The van der Waals surface area contributed by atoms with Crippen LogP contribution in [0.3, 0.4) is 0 Å². The predicted molar refractivity (Wildman–Crippen MR) is 126 cm³/mol. The van der Waals surface area contributed by atoms with Gasteiger partial charge in [-0.1, -0.05) is 32.9 Å². The number of carbonyl (C=O) groups is 1. The van der Waals surface area contributed by atoms with Gasteiger partial charge in [-0.3, -0.25) is 14.4 Å². The number of hydrogen-bond acceptors (Lipinski definition) is 4. The summed E-state index contributed by atoms with van der Waals surface area (Å²) in [6.07, 6.45) is 2.62. The summed E-state index contributed by atoms with van der Waals surface area (Å²) >= 11 is 0. The van der Waals surface area contributed by atoms with Gasteiger partial charge in [0, 0.05) is 18.3 Å². The average molecular weight is 432 g/mol. The van der Waals surface area contributed by atoms with E-state index >= 15 is 0 Å². The Morgan fingerprint density at radius 3 is 2.59 bits per heavy atom. The SMILES string of the molecule is CC.CCCOc1ccc(C2c3c(C)nn(C)c3C(=O)N2c2ccc3nc[nH]c3c2)cc1. The van der Waals surface area contributed by atoms with Crippen LogP contribution >= 0.6 is 0 Å². The molecule has 166 valence electrons. The van der Waals surface area contributed by atoms with Gasteiger partial charge < -0.3 is 9.72 Å². The van der Waals surface area contributed by atoms with E-state index in [1.54, 1.807) is 11.0 Å². The van der Waals surface area contributed by atoms with Crippen molar-refractivity contribution >= 4 is 22.6 Å². The van der Waals surface area contributed by atoms with Gasteiger partial charge in [-0.15, -0.1) is 0 Å². The van der Waals surface area contributed by atoms with E-state index in [0.29, 0.717) is 12.3 Å². The van der Waals surface area contributed by atoms with Crippen molar-refractivity contribution in [2.75, 3.05) is 11.5 Å². The summed E-state index contributed by atoms with van der Waals surface area (Å²) in [5.41, 5.74) is 6.06. The molecule has 1 unspecified atom stereocenters. The lowest BCUT2D eigenvalue weighted by molar-refractivity contribution is 0.0985. The first-order valence-corrected chi connectivity index (χ1v) is 11.1. The molecule has 1 atom stereocenters. The molecule has 0 bridgehead atoms. The molecule has 32 heavy (non-hydrogen) atoms. The van der Waals surface area contributed by atoms with Crippen molar-refractivity contribution in [1.29, 1.82) is 0 Å². The predicted octanol–water partition coefficient (Wildman–Crippen LogP) is 5.17. The van der Waals surface area contributed by atoms with E-state index in [0.717, 1.165) is 45.7 Å². The van der Waals surface area contributed by atoms with Gasteiger partial charge in [-0.2, -0.15) is 5.10 Å². The molecule has 0 saturated heterocycles. The van der Waals surface area contributed by atoms with E-state index in [2.05, 4.69) is 22.0 Å². The summed E-state index contributed by atoms with van der Waals surface area (Å²) in [7, 11) is 1.82. The summed E-state index contributed by atoms with van der Waals surface area (Å²) in [6.45, 7) is 8.72. The van der Waals surface area contributed by atoms with E-state index in [4.69, 9.17) is 4.74 Å². The fraction of sp³-hybridized carbons (Fsp3) is 0.320. The molecule has 4 aromatic rings.